The van der Waals surface area contributed by atoms with Crippen LogP contribution in [0.25, 0.3) is 0 Å². The highest BCUT2D eigenvalue weighted by Crippen LogP contribution is 2.23. The predicted molar refractivity (Wildman–Crippen MR) is 133 cm³/mol. The maximum atomic E-state index is 6.52. The Balaban J connectivity index is 4.09. The van der Waals surface area contributed by atoms with Crippen LogP contribution in [0.5, 0.6) is 0 Å². The van der Waals surface area contributed by atoms with Gasteiger partial charge in [0.1, 0.15) is 0 Å². The van der Waals surface area contributed by atoms with Gasteiger partial charge in [-0.05, 0) is 52.9 Å². The van der Waals surface area contributed by atoms with Crippen LogP contribution in [-0.2, 0) is 13.0 Å². The minimum Gasteiger partial charge on any atom is -0.415 e. The summed E-state index contributed by atoms with van der Waals surface area (Å²) in [7, 11) is -4.33. The number of rotatable bonds is 20. The smallest absolute Gasteiger partial charge is 0.323 e. The van der Waals surface area contributed by atoms with Crippen LogP contribution in [0.2, 0.25) is 26.2 Å². The highest BCUT2D eigenvalue weighted by Gasteiger charge is 2.38. The van der Waals surface area contributed by atoms with Gasteiger partial charge in [-0.2, -0.15) is 0 Å². The van der Waals surface area contributed by atoms with Gasteiger partial charge in [-0.25, -0.2) is 0 Å². The third kappa shape index (κ3) is 18.8. The van der Waals surface area contributed by atoms with Gasteiger partial charge in [-0.15, -0.1) is 0 Å². The van der Waals surface area contributed by atoms with Crippen LogP contribution in [0.1, 0.15) is 118 Å². The van der Waals surface area contributed by atoms with Gasteiger partial charge in [0.2, 0.25) is 0 Å². The van der Waals surface area contributed by atoms with E-state index in [0.717, 1.165) is 12.8 Å². The second kappa shape index (κ2) is 16.9. The zero-order valence-corrected chi connectivity index (χ0v) is 23.3. The quantitative estimate of drug-likeness (QED) is 0.138. The first-order valence-corrected chi connectivity index (χ1v) is 18.3. The van der Waals surface area contributed by atoms with Gasteiger partial charge < -0.3 is 13.0 Å². The molecule has 0 N–H and O–H groups in total. The van der Waals surface area contributed by atoms with Crippen molar-refractivity contribution in [3.05, 3.63) is 0 Å². The van der Waals surface area contributed by atoms with Crippen LogP contribution in [0.3, 0.4) is 0 Å². The molecule has 5 heteroatoms. The molecule has 0 amide bonds. The highest BCUT2D eigenvalue weighted by atomic mass is 28.5. The zero-order valence-electron chi connectivity index (χ0n) is 21.3. The Morgan fingerprint density at radius 1 is 0.517 bits per heavy atom. The van der Waals surface area contributed by atoms with Gasteiger partial charge in [-0.1, -0.05) is 90.9 Å². The van der Waals surface area contributed by atoms with E-state index in [4.69, 9.17) is 13.0 Å². The standard InChI is InChI=1S/C24H54O3Si2/c1-9-11-13-15-17-19-21-23(3)25-28(5,6)27-29(7,8)26-24(4)22-20-18-16-14-12-10-2/h23-24H,9-22H2,1-8H3. The molecule has 0 spiro atoms. The monoisotopic (exact) mass is 446 g/mol. The first-order valence-electron chi connectivity index (χ1n) is 12.7. The molecule has 0 aliphatic carbocycles. The van der Waals surface area contributed by atoms with Crippen molar-refractivity contribution in [2.75, 3.05) is 0 Å². The molecule has 0 aromatic rings. The normalized spacial score (nSPS) is 14.9. The topological polar surface area (TPSA) is 27.7 Å². The summed E-state index contributed by atoms with van der Waals surface area (Å²) in [6.45, 7) is 17.7. The van der Waals surface area contributed by atoms with Crippen LogP contribution in [0, 0.1) is 0 Å². The van der Waals surface area contributed by atoms with Crippen molar-refractivity contribution in [3.63, 3.8) is 0 Å². The number of unbranched alkanes of at least 4 members (excludes halogenated alkanes) is 10. The van der Waals surface area contributed by atoms with E-state index in [9.17, 15) is 0 Å². The molecule has 0 saturated carbocycles. The molecular weight excluding hydrogens is 392 g/mol. The van der Waals surface area contributed by atoms with Crippen molar-refractivity contribution in [2.24, 2.45) is 0 Å². The molecule has 0 radical (unpaired) electrons. The second-order valence-electron chi connectivity index (χ2n) is 9.87. The second-order valence-corrected chi connectivity index (χ2v) is 16.8. The van der Waals surface area contributed by atoms with Crippen molar-refractivity contribution < 1.29 is 13.0 Å². The first-order chi connectivity index (χ1) is 13.6. The molecule has 29 heavy (non-hydrogen) atoms. The molecule has 0 aromatic carbocycles. The molecule has 0 fully saturated rings. The van der Waals surface area contributed by atoms with Crippen molar-refractivity contribution in [2.45, 2.75) is 156 Å². The van der Waals surface area contributed by atoms with Crippen LogP contribution >= 0.6 is 0 Å². The Labute approximate surface area is 186 Å². The average Bonchev–Trinajstić information content (AvgIpc) is 2.59. The largest absolute Gasteiger partial charge is 0.415 e. The first kappa shape index (κ1) is 29.3. The van der Waals surface area contributed by atoms with Crippen molar-refractivity contribution in [3.8, 4) is 0 Å². The zero-order chi connectivity index (χ0) is 22.2. The predicted octanol–water partition coefficient (Wildman–Crippen LogP) is 8.72. The molecule has 0 aliphatic heterocycles. The Kier molecular flexibility index (Phi) is 17.1. The van der Waals surface area contributed by atoms with E-state index < -0.39 is 17.1 Å². The lowest BCUT2D eigenvalue weighted by Crippen LogP contribution is -2.50. The summed E-state index contributed by atoms with van der Waals surface area (Å²) >= 11 is 0. The van der Waals surface area contributed by atoms with Gasteiger partial charge in [0.05, 0.1) is 0 Å². The minimum absolute atomic E-state index is 0.285. The van der Waals surface area contributed by atoms with E-state index in [1.807, 2.05) is 0 Å². The molecule has 0 bridgehead atoms. The fourth-order valence-corrected chi connectivity index (χ4v) is 11.4. The lowest BCUT2D eigenvalue weighted by atomic mass is 10.1. The van der Waals surface area contributed by atoms with Crippen LogP contribution in [-0.4, -0.2) is 29.3 Å². The molecule has 0 aromatic heterocycles. The summed E-state index contributed by atoms with van der Waals surface area (Å²) in [6, 6.07) is 0. The van der Waals surface area contributed by atoms with Crippen LogP contribution in [0.15, 0.2) is 0 Å². The van der Waals surface area contributed by atoms with Gasteiger partial charge in [0.15, 0.2) is 0 Å². The average molecular weight is 447 g/mol. The lowest BCUT2D eigenvalue weighted by molar-refractivity contribution is 0.122. The van der Waals surface area contributed by atoms with Crippen LogP contribution < -0.4 is 0 Å². The summed E-state index contributed by atoms with van der Waals surface area (Å²) in [5.41, 5.74) is 0. The molecule has 2 unspecified atom stereocenters. The molecular formula is C24H54O3Si2. The third-order valence-electron chi connectivity index (χ3n) is 5.39. The lowest BCUT2D eigenvalue weighted by Gasteiger charge is -2.36. The Morgan fingerprint density at radius 2 is 0.828 bits per heavy atom. The maximum Gasteiger partial charge on any atom is 0.323 e. The van der Waals surface area contributed by atoms with E-state index in [1.54, 1.807) is 0 Å². The van der Waals surface area contributed by atoms with Gasteiger partial charge in [-0.3, -0.25) is 0 Å². The van der Waals surface area contributed by atoms with Crippen molar-refractivity contribution >= 4 is 17.1 Å². The molecule has 176 valence electrons. The molecule has 2 atom stereocenters. The van der Waals surface area contributed by atoms with E-state index in [-0.39, 0.29) is 12.2 Å². The molecule has 0 rings (SSSR count). The fourth-order valence-electron chi connectivity index (χ4n) is 4.15. The SMILES string of the molecule is CCCCCCCCC(C)O[Si](C)(C)O[Si](C)(C)OC(C)CCCCCCCC. The highest BCUT2D eigenvalue weighted by molar-refractivity contribution is 6.78. The van der Waals surface area contributed by atoms with Gasteiger partial charge >= 0.3 is 17.1 Å². The molecule has 0 aliphatic rings. The van der Waals surface area contributed by atoms with E-state index in [2.05, 4.69) is 53.9 Å². The van der Waals surface area contributed by atoms with E-state index >= 15 is 0 Å². The third-order valence-corrected chi connectivity index (χ3v) is 11.3. The Bertz CT molecular complexity index is 341. The maximum absolute atomic E-state index is 6.52. The summed E-state index contributed by atoms with van der Waals surface area (Å²) in [6.07, 6.45) is 18.9. The Morgan fingerprint density at radius 3 is 1.17 bits per heavy atom. The molecule has 0 heterocycles. The van der Waals surface area contributed by atoms with E-state index in [0.29, 0.717) is 0 Å². The number of hydrogen-bond donors (Lipinski definition) is 0. The fraction of sp³-hybridized carbons (Fsp3) is 1.00. The van der Waals surface area contributed by atoms with Crippen molar-refractivity contribution in [1.82, 2.24) is 0 Å². The van der Waals surface area contributed by atoms with E-state index in [1.165, 1.54) is 77.0 Å². The Hall–Kier alpha value is 0.314. The van der Waals surface area contributed by atoms with Gasteiger partial charge in [0.25, 0.3) is 0 Å². The summed E-state index contributed by atoms with van der Waals surface area (Å²) in [5, 5.41) is 0. The minimum atomic E-state index is -2.17. The summed E-state index contributed by atoms with van der Waals surface area (Å²) in [4.78, 5) is 0. The van der Waals surface area contributed by atoms with Crippen molar-refractivity contribution in [1.29, 1.82) is 0 Å². The van der Waals surface area contributed by atoms with Crippen LogP contribution in [0.4, 0.5) is 0 Å². The molecule has 3 nitrogen and oxygen atoms in total. The van der Waals surface area contributed by atoms with Gasteiger partial charge in [0, 0.05) is 12.2 Å². The summed E-state index contributed by atoms with van der Waals surface area (Å²) < 4.78 is 19.3. The molecule has 0 saturated heterocycles. The number of hydrogen-bond acceptors (Lipinski definition) is 3. The summed E-state index contributed by atoms with van der Waals surface area (Å²) in [5.74, 6) is 0.